The molecule has 0 aromatic heterocycles. The predicted octanol–water partition coefficient (Wildman–Crippen LogP) is 2.75. The van der Waals surface area contributed by atoms with E-state index >= 15 is 0 Å². The van der Waals surface area contributed by atoms with Crippen molar-refractivity contribution in [3.05, 3.63) is 54.1 Å². The molecule has 102 valence electrons. The van der Waals surface area contributed by atoms with E-state index in [9.17, 15) is 8.42 Å². The molecule has 0 saturated carbocycles. The van der Waals surface area contributed by atoms with Crippen molar-refractivity contribution in [2.75, 3.05) is 13.1 Å². The molecule has 0 amide bonds. The molecule has 1 aliphatic rings. The minimum atomic E-state index is -3.40. The predicted molar refractivity (Wildman–Crippen MR) is 77.4 cm³/mol. The highest BCUT2D eigenvalue weighted by Crippen LogP contribution is 2.28. The SMILES string of the molecule is C=C1CN(S(=O)(=O)c2ccc(C)cc2)CC1/C=C/C. The number of sulfonamides is 1. The lowest BCUT2D eigenvalue weighted by molar-refractivity contribution is 0.471. The second kappa shape index (κ2) is 5.31. The average molecular weight is 277 g/mol. The summed E-state index contributed by atoms with van der Waals surface area (Å²) in [7, 11) is -3.40. The standard InChI is InChI=1S/C15H19NO2S/c1-4-5-14-11-16(10-13(14)3)19(17,18)15-8-6-12(2)7-9-15/h4-9,14H,3,10-11H2,1-2H3/b5-4+. The minimum Gasteiger partial charge on any atom is -0.207 e. The Hall–Kier alpha value is -1.39. The van der Waals surface area contributed by atoms with Gasteiger partial charge in [0.15, 0.2) is 0 Å². The van der Waals surface area contributed by atoms with Crippen molar-refractivity contribution in [1.29, 1.82) is 0 Å². The van der Waals surface area contributed by atoms with Gasteiger partial charge in [0.05, 0.1) is 4.90 Å². The number of hydrogen-bond acceptors (Lipinski definition) is 2. The van der Waals surface area contributed by atoms with Crippen LogP contribution in [0.3, 0.4) is 0 Å². The van der Waals surface area contributed by atoms with Crippen LogP contribution in [0, 0.1) is 12.8 Å². The van der Waals surface area contributed by atoms with Gasteiger partial charge < -0.3 is 0 Å². The van der Waals surface area contributed by atoms with Crippen molar-refractivity contribution >= 4 is 10.0 Å². The smallest absolute Gasteiger partial charge is 0.207 e. The summed E-state index contributed by atoms with van der Waals surface area (Å²) in [6.45, 7) is 8.74. The first-order chi connectivity index (χ1) is 8.95. The monoisotopic (exact) mass is 277 g/mol. The fourth-order valence-corrected chi connectivity index (χ4v) is 3.70. The first-order valence-corrected chi connectivity index (χ1v) is 7.76. The van der Waals surface area contributed by atoms with Gasteiger partial charge in [0.25, 0.3) is 0 Å². The summed E-state index contributed by atoms with van der Waals surface area (Å²) in [6.07, 6.45) is 3.95. The number of allylic oxidation sites excluding steroid dienone is 1. The third kappa shape index (κ3) is 2.80. The molecule has 4 heteroatoms. The Balaban J connectivity index is 2.27. The topological polar surface area (TPSA) is 37.4 Å². The highest BCUT2D eigenvalue weighted by atomic mass is 32.2. The van der Waals surface area contributed by atoms with E-state index in [0.717, 1.165) is 11.1 Å². The summed E-state index contributed by atoms with van der Waals surface area (Å²) in [4.78, 5) is 0.354. The van der Waals surface area contributed by atoms with Crippen molar-refractivity contribution in [2.24, 2.45) is 5.92 Å². The molecule has 2 rings (SSSR count). The summed E-state index contributed by atoms with van der Waals surface area (Å²) >= 11 is 0. The Morgan fingerprint density at radius 3 is 2.53 bits per heavy atom. The molecule has 3 nitrogen and oxygen atoms in total. The summed E-state index contributed by atoms with van der Waals surface area (Å²) in [5, 5.41) is 0. The van der Waals surface area contributed by atoms with Crippen molar-refractivity contribution in [2.45, 2.75) is 18.7 Å². The molecule has 0 bridgehead atoms. The van der Waals surface area contributed by atoms with Gasteiger partial charge in [-0.1, -0.05) is 42.0 Å². The molecule has 1 aliphatic heterocycles. The van der Waals surface area contributed by atoms with Crippen LogP contribution in [0.1, 0.15) is 12.5 Å². The molecule has 1 atom stereocenters. The van der Waals surface area contributed by atoms with Crippen LogP contribution in [-0.2, 0) is 10.0 Å². The Morgan fingerprint density at radius 2 is 1.95 bits per heavy atom. The third-order valence-electron chi connectivity index (χ3n) is 3.39. The number of benzene rings is 1. The minimum absolute atomic E-state index is 0.130. The molecule has 0 N–H and O–H groups in total. The fraction of sp³-hybridized carbons (Fsp3) is 0.333. The largest absolute Gasteiger partial charge is 0.243 e. The lowest BCUT2D eigenvalue weighted by atomic mass is 10.0. The van der Waals surface area contributed by atoms with Crippen LogP contribution in [0.25, 0.3) is 0 Å². The van der Waals surface area contributed by atoms with Gasteiger partial charge in [-0.05, 0) is 26.0 Å². The molecule has 1 fully saturated rings. The van der Waals surface area contributed by atoms with Crippen molar-refractivity contribution in [3.63, 3.8) is 0 Å². The van der Waals surface area contributed by atoms with Crippen LogP contribution in [-0.4, -0.2) is 25.8 Å². The molecular weight excluding hydrogens is 258 g/mol. The van der Waals surface area contributed by atoms with Gasteiger partial charge >= 0.3 is 0 Å². The molecule has 1 aromatic rings. The van der Waals surface area contributed by atoms with E-state index in [1.54, 1.807) is 12.1 Å². The normalized spacial score (nSPS) is 21.4. The van der Waals surface area contributed by atoms with Crippen LogP contribution in [0.15, 0.2) is 53.5 Å². The van der Waals surface area contributed by atoms with Crippen molar-refractivity contribution < 1.29 is 8.42 Å². The van der Waals surface area contributed by atoms with Crippen LogP contribution in [0.5, 0.6) is 0 Å². The van der Waals surface area contributed by atoms with E-state index < -0.39 is 10.0 Å². The molecular formula is C15H19NO2S. The van der Waals surface area contributed by atoms with Crippen molar-refractivity contribution in [1.82, 2.24) is 4.31 Å². The number of rotatable bonds is 3. The second-order valence-corrected chi connectivity index (χ2v) is 6.84. The molecule has 1 aromatic carbocycles. The van der Waals surface area contributed by atoms with E-state index in [-0.39, 0.29) is 5.92 Å². The summed E-state index contributed by atoms with van der Waals surface area (Å²) in [5.74, 6) is 0.130. The van der Waals surface area contributed by atoms with Crippen LogP contribution < -0.4 is 0 Å². The summed E-state index contributed by atoms with van der Waals surface area (Å²) < 4.78 is 26.5. The Kier molecular flexibility index (Phi) is 3.92. The van der Waals surface area contributed by atoms with Gasteiger partial charge in [-0.3, -0.25) is 0 Å². The van der Waals surface area contributed by atoms with Gasteiger partial charge in [0, 0.05) is 19.0 Å². The first-order valence-electron chi connectivity index (χ1n) is 6.32. The highest BCUT2D eigenvalue weighted by molar-refractivity contribution is 7.89. The second-order valence-electron chi connectivity index (χ2n) is 4.90. The lowest BCUT2D eigenvalue weighted by Gasteiger charge is -2.15. The molecule has 1 unspecified atom stereocenters. The zero-order valence-corrected chi connectivity index (χ0v) is 12.2. The number of nitrogens with zero attached hydrogens (tertiary/aromatic N) is 1. The van der Waals surface area contributed by atoms with Gasteiger partial charge in [-0.2, -0.15) is 4.31 Å². The summed E-state index contributed by atoms with van der Waals surface area (Å²) in [5.41, 5.74) is 2.00. The van der Waals surface area contributed by atoms with Gasteiger partial charge in [-0.25, -0.2) is 8.42 Å². The van der Waals surface area contributed by atoms with E-state index in [2.05, 4.69) is 6.58 Å². The maximum atomic E-state index is 12.5. The molecule has 1 heterocycles. The van der Waals surface area contributed by atoms with Crippen LogP contribution in [0.2, 0.25) is 0 Å². The molecule has 19 heavy (non-hydrogen) atoms. The summed E-state index contributed by atoms with van der Waals surface area (Å²) in [6, 6.07) is 6.97. The van der Waals surface area contributed by atoms with Crippen molar-refractivity contribution in [3.8, 4) is 0 Å². The Labute approximate surface area is 115 Å². The molecule has 0 aliphatic carbocycles. The molecule has 0 spiro atoms. The van der Waals surface area contributed by atoms with Gasteiger partial charge in [-0.15, -0.1) is 0 Å². The van der Waals surface area contributed by atoms with E-state index in [4.69, 9.17) is 0 Å². The third-order valence-corrected chi connectivity index (χ3v) is 5.21. The quantitative estimate of drug-likeness (QED) is 0.797. The molecule has 0 radical (unpaired) electrons. The Morgan fingerprint density at radius 1 is 1.32 bits per heavy atom. The van der Waals surface area contributed by atoms with E-state index in [1.807, 2.05) is 38.1 Å². The zero-order chi connectivity index (χ0) is 14.0. The highest BCUT2D eigenvalue weighted by Gasteiger charge is 2.33. The molecule has 1 saturated heterocycles. The number of aryl methyl sites for hydroxylation is 1. The van der Waals surface area contributed by atoms with Crippen LogP contribution >= 0.6 is 0 Å². The maximum absolute atomic E-state index is 12.5. The fourth-order valence-electron chi connectivity index (χ4n) is 2.23. The average Bonchev–Trinajstić information content (AvgIpc) is 2.73. The van der Waals surface area contributed by atoms with Gasteiger partial charge in [0.2, 0.25) is 10.0 Å². The van der Waals surface area contributed by atoms with E-state index in [1.165, 1.54) is 4.31 Å². The van der Waals surface area contributed by atoms with Crippen LogP contribution in [0.4, 0.5) is 0 Å². The Bertz CT molecular complexity index is 600. The zero-order valence-electron chi connectivity index (χ0n) is 11.3. The maximum Gasteiger partial charge on any atom is 0.243 e. The van der Waals surface area contributed by atoms with E-state index in [0.29, 0.717) is 18.0 Å². The first kappa shape index (κ1) is 14.0. The number of hydrogen-bond donors (Lipinski definition) is 0. The van der Waals surface area contributed by atoms with Gasteiger partial charge in [0.1, 0.15) is 0 Å². The lowest BCUT2D eigenvalue weighted by Crippen LogP contribution is -2.28.